The van der Waals surface area contributed by atoms with Crippen molar-refractivity contribution in [3.05, 3.63) is 29.3 Å². The second kappa shape index (κ2) is 5.88. The molecular formula is C12H12ClFN2O3. The van der Waals surface area contributed by atoms with Crippen LogP contribution in [0.3, 0.4) is 0 Å². The van der Waals surface area contributed by atoms with Gasteiger partial charge in [-0.15, -0.1) is 0 Å². The molecule has 0 fully saturated rings. The van der Waals surface area contributed by atoms with Gasteiger partial charge in [0.1, 0.15) is 6.33 Å². The van der Waals surface area contributed by atoms with Crippen LogP contribution in [0.5, 0.6) is 17.5 Å². The summed E-state index contributed by atoms with van der Waals surface area (Å²) in [6, 6.07) is 0. The Morgan fingerprint density at radius 3 is 2.63 bits per heavy atom. The van der Waals surface area contributed by atoms with Gasteiger partial charge in [-0.05, 0) is 6.08 Å². The summed E-state index contributed by atoms with van der Waals surface area (Å²) in [5.74, 6) is 0.443. The average molecular weight is 287 g/mol. The number of rotatable bonds is 4. The highest BCUT2D eigenvalue weighted by molar-refractivity contribution is 6.31. The Morgan fingerprint density at radius 1 is 1.26 bits per heavy atom. The molecule has 1 heterocycles. The van der Waals surface area contributed by atoms with E-state index in [-0.39, 0.29) is 34.7 Å². The lowest BCUT2D eigenvalue weighted by Crippen LogP contribution is -2.15. The number of hydrogen-bond acceptors (Lipinski definition) is 5. The number of halogens is 2. The third kappa shape index (κ3) is 2.78. The first-order valence-corrected chi connectivity index (χ1v) is 5.86. The molecule has 0 aliphatic heterocycles. The number of ether oxygens (including phenoxy) is 3. The molecule has 1 aliphatic carbocycles. The third-order valence-electron chi connectivity index (χ3n) is 2.47. The van der Waals surface area contributed by atoms with Crippen molar-refractivity contribution in [3.63, 3.8) is 0 Å². The summed E-state index contributed by atoms with van der Waals surface area (Å²) in [7, 11) is 2.85. The van der Waals surface area contributed by atoms with Crippen molar-refractivity contribution in [1.82, 2.24) is 9.97 Å². The lowest BCUT2D eigenvalue weighted by atomic mass is 10.1. The van der Waals surface area contributed by atoms with Crippen LogP contribution >= 0.6 is 11.6 Å². The molecule has 1 aromatic heterocycles. The monoisotopic (exact) mass is 286 g/mol. The summed E-state index contributed by atoms with van der Waals surface area (Å²) in [6.07, 6.45) is 3.34. The van der Waals surface area contributed by atoms with Crippen LogP contribution in [0, 0.1) is 0 Å². The average Bonchev–Trinajstić information content (AvgIpc) is 2.42. The molecule has 0 aromatic carbocycles. The Labute approximate surface area is 114 Å². The van der Waals surface area contributed by atoms with Crippen LogP contribution in [-0.4, -0.2) is 30.4 Å². The fourth-order valence-electron chi connectivity index (χ4n) is 1.58. The largest absolute Gasteiger partial charge is 0.487 e. The van der Waals surface area contributed by atoms with Crippen molar-refractivity contribution in [2.45, 2.75) is 12.6 Å². The van der Waals surface area contributed by atoms with Crippen LogP contribution in [-0.2, 0) is 0 Å². The Hall–Kier alpha value is -1.82. The molecule has 2 rings (SSSR count). The molecule has 19 heavy (non-hydrogen) atoms. The molecule has 7 heteroatoms. The van der Waals surface area contributed by atoms with Gasteiger partial charge in [0.15, 0.2) is 11.9 Å². The van der Waals surface area contributed by atoms with Gasteiger partial charge >= 0.3 is 0 Å². The molecule has 0 spiro atoms. The van der Waals surface area contributed by atoms with Crippen LogP contribution in [0.25, 0.3) is 0 Å². The van der Waals surface area contributed by atoms with Gasteiger partial charge in [0.2, 0.25) is 5.75 Å². The summed E-state index contributed by atoms with van der Waals surface area (Å²) in [6.45, 7) is 0. The third-order valence-corrected chi connectivity index (χ3v) is 2.78. The summed E-state index contributed by atoms with van der Waals surface area (Å²) >= 11 is 5.91. The van der Waals surface area contributed by atoms with E-state index in [0.29, 0.717) is 0 Å². The second-order valence-corrected chi connectivity index (χ2v) is 4.05. The quantitative estimate of drug-likeness (QED) is 0.851. The first-order valence-electron chi connectivity index (χ1n) is 5.48. The van der Waals surface area contributed by atoms with Gasteiger partial charge in [-0.1, -0.05) is 17.7 Å². The zero-order valence-corrected chi connectivity index (χ0v) is 11.1. The molecule has 5 nitrogen and oxygen atoms in total. The van der Waals surface area contributed by atoms with Gasteiger partial charge in [-0.2, -0.15) is 9.97 Å². The first kappa shape index (κ1) is 13.6. The van der Waals surface area contributed by atoms with E-state index in [4.69, 9.17) is 25.8 Å². The van der Waals surface area contributed by atoms with Gasteiger partial charge in [-0.25, -0.2) is 4.39 Å². The van der Waals surface area contributed by atoms with E-state index in [1.807, 2.05) is 0 Å². The Kier molecular flexibility index (Phi) is 4.21. The molecule has 0 N–H and O–H groups in total. The topological polar surface area (TPSA) is 53.5 Å². The molecule has 1 atom stereocenters. The van der Waals surface area contributed by atoms with Gasteiger partial charge in [0, 0.05) is 6.42 Å². The first-order chi connectivity index (χ1) is 9.17. The highest BCUT2D eigenvalue weighted by Crippen LogP contribution is 2.36. The number of nitrogens with zero attached hydrogens (tertiary/aromatic N) is 2. The molecule has 1 unspecified atom stereocenters. The van der Waals surface area contributed by atoms with E-state index in [1.54, 1.807) is 12.2 Å². The molecule has 1 aliphatic rings. The van der Waals surface area contributed by atoms with Crippen LogP contribution in [0.2, 0.25) is 0 Å². The smallest absolute Gasteiger partial charge is 0.269 e. The summed E-state index contributed by atoms with van der Waals surface area (Å²) in [5.41, 5.74) is 0. The zero-order valence-electron chi connectivity index (χ0n) is 10.4. The normalized spacial score (nSPS) is 18.4. The molecule has 1 aromatic rings. The fraction of sp³-hybridized carbons (Fsp3) is 0.333. The Morgan fingerprint density at radius 2 is 2.00 bits per heavy atom. The van der Waals surface area contributed by atoms with Gasteiger partial charge in [0.05, 0.1) is 19.3 Å². The molecule has 0 bridgehead atoms. The van der Waals surface area contributed by atoms with Gasteiger partial charge in [-0.3, -0.25) is 0 Å². The van der Waals surface area contributed by atoms with Gasteiger partial charge < -0.3 is 14.2 Å². The van der Waals surface area contributed by atoms with E-state index in [9.17, 15) is 4.39 Å². The maximum atomic E-state index is 13.8. The molecule has 0 saturated heterocycles. The highest BCUT2D eigenvalue weighted by Gasteiger charge is 2.24. The van der Waals surface area contributed by atoms with Crippen LogP contribution in [0.15, 0.2) is 29.3 Å². The molecular weight excluding hydrogens is 275 g/mol. The zero-order chi connectivity index (χ0) is 13.8. The van der Waals surface area contributed by atoms with E-state index in [0.717, 1.165) is 0 Å². The molecule has 0 radical (unpaired) electrons. The molecule has 0 saturated carbocycles. The van der Waals surface area contributed by atoms with Crippen molar-refractivity contribution < 1.29 is 18.6 Å². The van der Waals surface area contributed by atoms with Crippen molar-refractivity contribution >= 4 is 11.6 Å². The SMILES string of the molecule is COc1ncnc(OC2=C(Cl)C=CCC2F)c1OC. The second-order valence-electron chi connectivity index (χ2n) is 3.64. The number of aromatic nitrogens is 2. The summed E-state index contributed by atoms with van der Waals surface area (Å²) < 4.78 is 29.3. The van der Waals surface area contributed by atoms with Crippen molar-refractivity contribution in [2.75, 3.05) is 14.2 Å². The van der Waals surface area contributed by atoms with E-state index >= 15 is 0 Å². The standard InChI is InChI=1S/C12H12ClFN2O3/c1-17-10-11(18-2)15-6-16-12(10)19-9-7(13)4-3-5-8(9)14/h3-4,6,8H,5H2,1-2H3. The highest BCUT2D eigenvalue weighted by atomic mass is 35.5. The predicted octanol–water partition coefficient (Wildman–Crippen LogP) is 2.62. The maximum Gasteiger partial charge on any atom is 0.269 e. The van der Waals surface area contributed by atoms with Crippen LogP contribution in [0.4, 0.5) is 4.39 Å². The minimum atomic E-state index is -1.32. The maximum absolute atomic E-state index is 13.8. The summed E-state index contributed by atoms with van der Waals surface area (Å²) in [4.78, 5) is 7.76. The Balaban J connectivity index is 2.36. The summed E-state index contributed by atoms with van der Waals surface area (Å²) in [5, 5.41) is 0.193. The number of methoxy groups -OCH3 is 2. The lowest BCUT2D eigenvalue weighted by molar-refractivity contribution is 0.250. The molecule has 0 amide bonds. The minimum Gasteiger partial charge on any atom is -0.487 e. The van der Waals surface area contributed by atoms with Crippen molar-refractivity contribution in [1.29, 1.82) is 0 Å². The van der Waals surface area contributed by atoms with Gasteiger partial charge in [0.25, 0.3) is 11.8 Å². The molecule has 102 valence electrons. The van der Waals surface area contributed by atoms with Crippen molar-refractivity contribution in [3.8, 4) is 17.5 Å². The van der Waals surface area contributed by atoms with Crippen molar-refractivity contribution in [2.24, 2.45) is 0 Å². The minimum absolute atomic E-state index is 0.00298. The number of alkyl halides is 1. The fourth-order valence-corrected chi connectivity index (χ4v) is 1.83. The van der Waals surface area contributed by atoms with E-state index < -0.39 is 6.17 Å². The van der Waals surface area contributed by atoms with Crippen LogP contribution < -0.4 is 14.2 Å². The predicted molar refractivity (Wildman–Crippen MR) is 67.3 cm³/mol. The van der Waals surface area contributed by atoms with E-state index in [1.165, 1.54) is 20.5 Å². The van der Waals surface area contributed by atoms with E-state index in [2.05, 4.69) is 9.97 Å². The van der Waals surface area contributed by atoms with Crippen LogP contribution in [0.1, 0.15) is 6.42 Å². The number of hydrogen-bond donors (Lipinski definition) is 0. The lowest BCUT2D eigenvalue weighted by Gasteiger charge is -2.18. The Bertz CT molecular complexity index is 534. The number of allylic oxidation sites excluding steroid dienone is 4.